The molecule has 1 unspecified atom stereocenters. The number of hydrogen-bond donors (Lipinski definition) is 1. The molecule has 96 valence electrons. The topological polar surface area (TPSA) is 39.1 Å². The molecule has 2 rings (SSSR count). The van der Waals surface area contributed by atoms with Gasteiger partial charge >= 0.3 is 0 Å². The third-order valence-corrected chi connectivity index (χ3v) is 3.91. The molecule has 1 atom stereocenters. The third-order valence-electron chi connectivity index (χ3n) is 3.91. The van der Waals surface area contributed by atoms with Crippen molar-refractivity contribution >= 4 is 0 Å². The minimum Gasteiger partial charge on any atom is -0.313 e. The van der Waals surface area contributed by atoms with E-state index in [0.29, 0.717) is 0 Å². The van der Waals surface area contributed by atoms with Crippen molar-refractivity contribution in [1.82, 2.24) is 10.2 Å². The third kappa shape index (κ3) is 4.65. The van der Waals surface area contributed by atoms with Crippen molar-refractivity contribution < 1.29 is 0 Å². The molecular formula is C14H25N3. The highest BCUT2D eigenvalue weighted by Crippen LogP contribution is 2.27. The molecular weight excluding hydrogens is 210 g/mol. The first kappa shape index (κ1) is 12.9. The van der Waals surface area contributed by atoms with Gasteiger partial charge in [0.25, 0.3) is 0 Å². The van der Waals surface area contributed by atoms with Crippen LogP contribution in [-0.2, 0) is 0 Å². The molecule has 0 aromatic rings. The summed E-state index contributed by atoms with van der Waals surface area (Å²) in [6, 6.07) is 3.82. The van der Waals surface area contributed by atoms with Gasteiger partial charge in [0.2, 0.25) is 0 Å². The van der Waals surface area contributed by atoms with E-state index in [1.807, 2.05) is 0 Å². The first-order valence-electron chi connectivity index (χ1n) is 7.24. The fourth-order valence-electron chi connectivity index (χ4n) is 2.74. The summed E-state index contributed by atoms with van der Waals surface area (Å²) in [5.74, 6) is 0. The van der Waals surface area contributed by atoms with E-state index in [2.05, 4.69) is 16.3 Å². The van der Waals surface area contributed by atoms with E-state index in [1.165, 1.54) is 58.2 Å². The summed E-state index contributed by atoms with van der Waals surface area (Å²) in [5, 5.41) is 12.2. The van der Waals surface area contributed by atoms with Crippen LogP contribution in [-0.4, -0.2) is 36.6 Å². The van der Waals surface area contributed by atoms with E-state index in [1.54, 1.807) is 0 Å². The maximum atomic E-state index is 8.54. The Morgan fingerprint density at radius 1 is 1.18 bits per heavy atom. The Bertz CT molecular complexity index is 249. The molecule has 1 saturated heterocycles. The molecule has 3 nitrogen and oxygen atoms in total. The predicted molar refractivity (Wildman–Crippen MR) is 69.7 cm³/mol. The van der Waals surface area contributed by atoms with Gasteiger partial charge in [0, 0.05) is 25.0 Å². The smallest absolute Gasteiger partial charge is 0.0621 e. The van der Waals surface area contributed by atoms with Crippen LogP contribution in [0.15, 0.2) is 0 Å². The molecule has 0 aromatic heterocycles. The van der Waals surface area contributed by atoms with Crippen LogP contribution in [0.25, 0.3) is 0 Å². The van der Waals surface area contributed by atoms with Gasteiger partial charge in [-0.3, -0.25) is 4.90 Å². The number of nitriles is 1. The lowest BCUT2D eigenvalue weighted by Crippen LogP contribution is -2.44. The Morgan fingerprint density at radius 3 is 2.71 bits per heavy atom. The van der Waals surface area contributed by atoms with Crippen LogP contribution in [0, 0.1) is 11.3 Å². The molecule has 0 amide bonds. The Balaban J connectivity index is 1.67. The lowest BCUT2D eigenvalue weighted by atomic mass is 10.0. The van der Waals surface area contributed by atoms with Gasteiger partial charge < -0.3 is 5.32 Å². The zero-order chi connectivity index (χ0) is 11.9. The molecule has 1 aliphatic carbocycles. The highest BCUT2D eigenvalue weighted by molar-refractivity contribution is 4.88. The van der Waals surface area contributed by atoms with Crippen LogP contribution in [0.1, 0.15) is 51.4 Å². The number of nitrogens with one attached hydrogen (secondary N) is 1. The average molecular weight is 235 g/mol. The lowest BCUT2D eigenvalue weighted by molar-refractivity contribution is 0.212. The fraction of sp³-hybridized carbons (Fsp3) is 0.929. The molecule has 1 N–H and O–H groups in total. The molecule has 0 aromatic carbocycles. The zero-order valence-corrected chi connectivity index (χ0v) is 10.8. The second kappa shape index (κ2) is 6.98. The van der Waals surface area contributed by atoms with Crippen molar-refractivity contribution in [3.63, 3.8) is 0 Å². The Hall–Kier alpha value is -0.590. The van der Waals surface area contributed by atoms with Crippen molar-refractivity contribution in [2.45, 2.75) is 63.5 Å². The second-order valence-electron chi connectivity index (χ2n) is 5.49. The van der Waals surface area contributed by atoms with Crippen LogP contribution in [0.2, 0.25) is 0 Å². The van der Waals surface area contributed by atoms with Crippen molar-refractivity contribution in [1.29, 1.82) is 5.26 Å². The molecule has 17 heavy (non-hydrogen) atoms. The summed E-state index contributed by atoms with van der Waals surface area (Å²) in [4.78, 5) is 2.67. The predicted octanol–water partition coefficient (Wildman–Crippen LogP) is 2.29. The van der Waals surface area contributed by atoms with E-state index >= 15 is 0 Å². The summed E-state index contributed by atoms with van der Waals surface area (Å²) in [6.45, 7) is 3.64. The van der Waals surface area contributed by atoms with Crippen molar-refractivity contribution in [3.8, 4) is 6.07 Å². The maximum absolute atomic E-state index is 8.54. The summed E-state index contributed by atoms with van der Waals surface area (Å²) in [5.41, 5.74) is 0. The summed E-state index contributed by atoms with van der Waals surface area (Å²) in [7, 11) is 0. The second-order valence-corrected chi connectivity index (χ2v) is 5.49. The summed E-state index contributed by atoms with van der Waals surface area (Å²) < 4.78 is 0. The first-order valence-corrected chi connectivity index (χ1v) is 7.24. The van der Waals surface area contributed by atoms with E-state index in [0.717, 1.165) is 24.9 Å². The standard InChI is InChI=1S/C14H25N3/c15-9-3-1-5-11-17(14-7-8-14)12-13-6-2-4-10-16-13/h13-14,16H,1-8,10-12H2. The van der Waals surface area contributed by atoms with Crippen LogP contribution >= 0.6 is 0 Å². The highest BCUT2D eigenvalue weighted by atomic mass is 15.2. The lowest BCUT2D eigenvalue weighted by Gasteiger charge is -2.30. The quantitative estimate of drug-likeness (QED) is 0.688. The number of piperidine rings is 1. The van der Waals surface area contributed by atoms with Crippen LogP contribution < -0.4 is 5.32 Å². The van der Waals surface area contributed by atoms with Crippen molar-refractivity contribution in [2.75, 3.05) is 19.6 Å². The molecule has 1 saturated carbocycles. The van der Waals surface area contributed by atoms with Crippen molar-refractivity contribution in [3.05, 3.63) is 0 Å². The van der Waals surface area contributed by atoms with E-state index in [4.69, 9.17) is 5.26 Å². The van der Waals surface area contributed by atoms with Gasteiger partial charge in [0.1, 0.15) is 0 Å². The number of hydrogen-bond acceptors (Lipinski definition) is 3. The van der Waals surface area contributed by atoms with Gasteiger partial charge in [-0.25, -0.2) is 0 Å². The minimum atomic E-state index is 0.722. The molecule has 1 heterocycles. The Morgan fingerprint density at radius 2 is 2.06 bits per heavy atom. The largest absolute Gasteiger partial charge is 0.313 e. The molecule has 1 aliphatic heterocycles. The zero-order valence-electron chi connectivity index (χ0n) is 10.8. The SMILES string of the molecule is N#CCCCCN(CC1CCCCN1)C1CC1. The molecule has 0 bridgehead atoms. The van der Waals surface area contributed by atoms with Gasteiger partial charge in [-0.2, -0.15) is 5.26 Å². The van der Waals surface area contributed by atoms with Crippen LogP contribution in [0.5, 0.6) is 0 Å². The molecule has 2 fully saturated rings. The highest BCUT2D eigenvalue weighted by Gasteiger charge is 2.30. The average Bonchev–Trinajstić information content (AvgIpc) is 3.19. The molecule has 2 aliphatic rings. The molecule has 0 spiro atoms. The van der Waals surface area contributed by atoms with E-state index < -0.39 is 0 Å². The monoisotopic (exact) mass is 235 g/mol. The maximum Gasteiger partial charge on any atom is 0.0621 e. The number of rotatable bonds is 7. The van der Waals surface area contributed by atoms with Crippen LogP contribution in [0.3, 0.4) is 0 Å². The van der Waals surface area contributed by atoms with Crippen LogP contribution in [0.4, 0.5) is 0 Å². The Labute approximate surface area is 105 Å². The summed E-state index contributed by atoms with van der Waals surface area (Å²) >= 11 is 0. The summed E-state index contributed by atoms with van der Waals surface area (Å²) in [6.07, 6.45) is 9.86. The van der Waals surface area contributed by atoms with Crippen molar-refractivity contribution in [2.24, 2.45) is 0 Å². The van der Waals surface area contributed by atoms with Gasteiger partial charge in [0.15, 0.2) is 0 Å². The normalized spacial score (nSPS) is 24.8. The number of nitrogens with zero attached hydrogens (tertiary/aromatic N) is 2. The number of unbranched alkanes of at least 4 members (excludes halogenated alkanes) is 2. The minimum absolute atomic E-state index is 0.722. The van der Waals surface area contributed by atoms with Gasteiger partial charge in [-0.15, -0.1) is 0 Å². The van der Waals surface area contributed by atoms with Gasteiger partial charge in [-0.1, -0.05) is 6.42 Å². The van der Waals surface area contributed by atoms with Gasteiger partial charge in [0.05, 0.1) is 6.07 Å². The van der Waals surface area contributed by atoms with E-state index in [9.17, 15) is 0 Å². The van der Waals surface area contributed by atoms with Gasteiger partial charge in [-0.05, 0) is 51.6 Å². The van der Waals surface area contributed by atoms with E-state index in [-0.39, 0.29) is 0 Å². The first-order chi connectivity index (χ1) is 8.40. The fourth-order valence-corrected chi connectivity index (χ4v) is 2.74. The molecule has 3 heteroatoms. The molecule has 0 radical (unpaired) electrons. The Kier molecular flexibility index (Phi) is 5.28.